The minimum Gasteiger partial charge on any atom is -0.445 e. The average molecular weight is 240 g/mol. The SMILES string of the molecule is F[B-](F)(F)c1csc2ccccc12.[K+]. The van der Waals surface area contributed by atoms with Gasteiger partial charge in [-0.3, -0.25) is 0 Å². The van der Waals surface area contributed by atoms with Crippen LogP contribution in [0.2, 0.25) is 0 Å². The fourth-order valence-corrected chi connectivity index (χ4v) is 2.26. The second kappa shape index (κ2) is 4.67. The zero-order valence-corrected chi connectivity index (χ0v) is 11.4. The molecule has 0 spiro atoms. The zero-order valence-electron chi connectivity index (χ0n) is 7.51. The Kier molecular flexibility index (Phi) is 4.25. The summed E-state index contributed by atoms with van der Waals surface area (Å²) in [4.78, 5) is 0. The first-order valence-electron chi connectivity index (χ1n) is 3.75. The molecule has 14 heavy (non-hydrogen) atoms. The Morgan fingerprint density at radius 2 is 1.71 bits per heavy atom. The topological polar surface area (TPSA) is 0 Å². The number of halogens is 3. The molecule has 6 heteroatoms. The van der Waals surface area contributed by atoms with E-state index in [1.807, 2.05) is 0 Å². The van der Waals surface area contributed by atoms with Gasteiger partial charge in [0.1, 0.15) is 0 Å². The molecule has 0 aliphatic carbocycles. The molecule has 68 valence electrons. The molecule has 0 N–H and O–H groups in total. The third kappa shape index (κ3) is 2.43. The first-order chi connectivity index (χ1) is 6.09. The minimum absolute atomic E-state index is 0. The number of thiophene rings is 1. The van der Waals surface area contributed by atoms with Crippen molar-refractivity contribution < 1.29 is 64.3 Å². The van der Waals surface area contributed by atoms with Gasteiger partial charge in [-0.2, -0.15) is 0 Å². The normalized spacial score (nSPS) is 11.4. The predicted molar refractivity (Wildman–Crippen MR) is 50.5 cm³/mol. The molecule has 2 aromatic rings. The van der Waals surface area contributed by atoms with Gasteiger partial charge in [-0.05, 0) is 16.8 Å². The first kappa shape index (κ1) is 12.7. The Bertz CT molecular complexity index is 437. The van der Waals surface area contributed by atoms with Crippen molar-refractivity contribution in [2.75, 3.05) is 0 Å². The average Bonchev–Trinajstić information content (AvgIpc) is 2.45. The minimum atomic E-state index is -4.87. The van der Waals surface area contributed by atoms with Crippen LogP contribution in [0.15, 0.2) is 29.6 Å². The molecule has 0 amide bonds. The Balaban J connectivity index is 0.000000980. The van der Waals surface area contributed by atoms with Crippen LogP contribution < -0.4 is 56.8 Å². The van der Waals surface area contributed by atoms with Crippen molar-refractivity contribution in [2.45, 2.75) is 0 Å². The van der Waals surface area contributed by atoms with Crippen molar-refractivity contribution in [3.05, 3.63) is 29.6 Å². The Hall–Kier alpha value is 0.671. The van der Waals surface area contributed by atoms with Gasteiger partial charge in [-0.1, -0.05) is 23.7 Å². The summed E-state index contributed by atoms with van der Waals surface area (Å²) in [5, 5.41) is 1.50. The van der Waals surface area contributed by atoms with Gasteiger partial charge in [0.25, 0.3) is 0 Å². The van der Waals surface area contributed by atoms with Crippen LogP contribution in [0.5, 0.6) is 0 Å². The fraction of sp³-hybridized carbons (Fsp3) is 0. The van der Waals surface area contributed by atoms with Gasteiger partial charge in [0, 0.05) is 4.70 Å². The Morgan fingerprint density at radius 1 is 1.07 bits per heavy atom. The van der Waals surface area contributed by atoms with Crippen LogP contribution in [0.25, 0.3) is 10.1 Å². The molecule has 0 aliphatic heterocycles. The number of rotatable bonds is 1. The molecular weight excluding hydrogens is 235 g/mol. The monoisotopic (exact) mass is 240 g/mol. The van der Waals surface area contributed by atoms with Crippen molar-refractivity contribution in [2.24, 2.45) is 0 Å². The Labute approximate surface area is 126 Å². The molecule has 0 saturated heterocycles. The number of hydrogen-bond acceptors (Lipinski definition) is 1. The Morgan fingerprint density at radius 3 is 2.36 bits per heavy atom. The second-order valence-electron chi connectivity index (χ2n) is 2.76. The van der Waals surface area contributed by atoms with Gasteiger partial charge in [-0.15, -0.1) is 11.3 Å². The van der Waals surface area contributed by atoms with E-state index in [9.17, 15) is 12.9 Å². The van der Waals surface area contributed by atoms with Crippen LogP contribution in [0.1, 0.15) is 0 Å². The van der Waals surface area contributed by atoms with Crippen LogP contribution >= 0.6 is 11.3 Å². The van der Waals surface area contributed by atoms with Crippen molar-refractivity contribution in [1.82, 2.24) is 0 Å². The quantitative estimate of drug-likeness (QED) is 0.613. The summed E-state index contributed by atoms with van der Waals surface area (Å²) in [5.74, 6) is 0. The van der Waals surface area contributed by atoms with Gasteiger partial charge in [0.15, 0.2) is 0 Å². The summed E-state index contributed by atoms with van der Waals surface area (Å²) in [6.07, 6.45) is 0. The fourth-order valence-electron chi connectivity index (χ4n) is 1.25. The predicted octanol–water partition coefficient (Wildman–Crippen LogP) is -0.0403. The van der Waals surface area contributed by atoms with Crippen molar-refractivity contribution in [3.63, 3.8) is 0 Å². The van der Waals surface area contributed by atoms with E-state index in [4.69, 9.17) is 0 Å². The molecule has 1 heterocycles. The molecule has 0 saturated carbocycles. The van der Waals surface area contributed by atoms with Crippen LogP contribution in [0.4, 0.5) is 12.9 Å². The molecule has 0 fully saturated rings. The maximum atomic E-state index is 12.4. The van der Waals surface area contributed by atoms with E-state index in [1.165, 1.54) is 11.4 Å². The summed E-state index contributed by atoms with van der Waals surface area (Å²) >= 11 is 1.14. The van der Waals surface area contributed by atoms with Crippen LogP contribution in [0, 0.1) is 0 Å². The van der Waals surface area contributed by atoms with E-state index in [0.717, 1.165) is 11.3 Å². The van der Waals surface area contributed by atoms with Crippen LogP contribution in [-0.2, 0) is 0 Å². The summed E-state index contributed by atoms with van der Waals surface area (Å²) in [6.45, 7) is -4.87. The first-order valence-corrected chi connectivity index (χ1v) is 4.63. The maximum Gasteiger partial charge on any atom is 1.00 e. The molecule has 0 unspecified atom stereocenters. The zero-order chi connectivity index (χ0) is 9.47. The van der Waals surface area contributed by atoms with E-state index in [-0.39, 0.29) is 51.4 Å². The molecule has 1 aromatic carbocycles. The van der Waals surface area contributed by atoms with Crippen molar-refractivity contribution in [3.8, 4) is 0 Å². The van der Waals surface area contributed by atoms with Gasteiger partial charge in [-0.25, -0.2) is 0 Å². The van der Waals surface area contributed by atoms with Gasteiger partial charge < -0.3 is 12.9 Å². The summed E-state index contributed by atoms with van der Waals surface area (Å²) in [7, 11) is 0. The maximum absolute atomic E-state index is 12.4. The molecule has 0 radical (unpaired) electrons. The number of benzene rings is 1. The summed E-state index contributed by atoms with van der Waals surface area (Å²) < 4.78 is 38.0. The molecule has 1 aromatic heterocycles. The number of hydrogen-bond donors (Lipinski definition) is 0. The smallest absolute Gasteiger partial charge is 0.445 e. The van der Waals surface area contributed by atoms with Gasteiger partial charge in [0.05, 0.1) is 0 Å². The van der Waals surface area contributed by atoms with E-state index < -0.39 is 12.4 Å². The third-order valence-corrected chi connectivity index (χ3v) is 2.85. The molecule has 0 atom stereocenters. The van der Waals surface area contributed by atoms with E-state index in [2.05, 4.69) is 0 Å². The van der Waals surface area contributed by atoms with Gasteiger partial charge in [0.2, 0.25) is 0 Å². The van der Waals surface area contributed by atoms with Crippen LogP contribution in [-0.4, -0.2) is 6.98 Å². The summed E-state index contributed by atoms with van der Waals surface area (Å²) in [5.41, 5.74) is -0.472. The molecule has 2 rings (SSSR count). The summed E-state index contributed by atoms with van der Waals surface area (Å²) in [6, 6.07) is 6.58. The van der Waals surface area contributed by atoms with E-state index in [1.54, 1.807) is 18.2 Å². The van der Waals surface area contributed by atoms with Crippen molar-refractivity contribution >= 4 is 33.9 Å². The third-order valence-electron chi connectivity index (χ3n) is 1.86. The van der Waals surface area contributed by atoms with Gasteiger partial charge >= 0.3 is 58.4 Å². The van der Waals surface area contributed by atoms with E-state index >= 15 is 0 Å². The largest absolute Gasteiger partial charge is 1.00 e. The molecule has 0 bridgehead atoms. The molecular formula is C8H5BF3KS. The second-order valence-corrected chi connectivity index (χ2v) is 3.67. The molecule has 0 nitrogen and oxygen atoms in total. The standard InChI is InChI=1S/C8H5BF3S.K/c10-9(11,12)7-5-13-8-4-2-1-3-6(7)8;/h1-5H;/q-1;+1. The molecule has 0 aliphatic rings. The van der Waals surface area contributed by atoms with Crippen LogP contribution in [0.3, 0.4) is 0 Å². The van der Waals surface area contributed by atoms with Crippen molar-refractivity contribution in [1.29, 1.82) is 0 Å². The number of fused-ring (bicyclic) bond motifs is 1. The van der Waals surface area contributed by atoms with E-state index in [0.29, 0.717) is 10.1 Å².